The minimum Gasteiger partial charge on any atom is -0.468 e. The summed E-state index contributed by atoms with van der Waals surface area (Å²) in [5.41, 5.74) is 2.03. The van der Waals surface area contributed by atoms with Crippen molar-refractivity contribution in [2.75, 3.05) is 31.1 Å². The summed E-state index contributed by atoms with van der Waals surface area (Å²) >= 11 is 3.97. The highest BCUT2D eigenvalue weighted by atomic mass is 32.2. The summed E-state index contributed by atoms with van der Waals surface area (Å²) in [6, 6.07) is 12.1. The third-order valence-corrected chi connectivity index (χ3v) is 8.08. The number of rotatable bonds is 6. The van der Waals surface area contributed by atoms with Crippen molar-refractivity contribution < 1.29 is 9.21 Å². The number of nitrogens with zero attached hydrogens (tertiary/aromatic N) is 1. The second-order valence-electron chi connectivity index (χ2n) is 6.68. The Morgan fingerprint density at radius 2 is 1.88 bits per heavy atom. The van der Waals surface area contributed by atoms with E-state index in [1.807, 2.05) is 47.8 Å². The Hall–Kier alpha value is -1.37. The number of nitrogens with one attached hydrogen (secondary N) is 1. The zero-order valence-electron chi connectivity index (χ0n) is 14.7. The van der Waals surface area contributed by atoms with Gasteiger partial charge in [-0.2, -0.15) is 0 Å². The summed E-state index contributed by atoms with van der Waals surface area (Å²) in [7, 11) is 0. The van der Waals surface area contributed by atoms with E-state index in [1.165, 1.54) is 29.9 Å². The van der Waals surface area contributed by atoms with E-state index in [2.05, 4.69) is 22.3 Å². The van der Waals surface area contributed by atoms with Crippen molar-refractivity contribution in [3.63, 3.8) is 0 Å². The van der Waals surface area contributed by atoms with Gasteiger partial charge in [-0.1, -0.05) is 12.1 Å². The maximum atomic E-state index is 12.6. The highest BCUT2D eigenvalue weighted by Crippen LogP contribution is 2.45. The molecule has 0 aliphatic carbocycles. The number of furan rings is 1. The summed E-state index contributed by atoms with van der Waals surface area (Å²) in [6.45, 7) is 2.70. The van der Waals surface area contributed by atoms with E-state index in [9.17, 15) is 4.79 Å². The molecular weight excluding hydrogens is 364 g/mol. The first-order valence-corrected chi connectivity index (χ1v) is 11.3. The van der Waals surface area contributed by atoms with Gasteiger partial charge in [-0.25, -0.2) is 0 Å². The van der Waals surface area contributed by atoms with Crippen LogP contribution in [0.2, 0.25) is 0 Å². The van der Waals surface area contributed by atoms with E-state index in [4.69, 9.17) is 4.42 Å². The minimum atomic E-state index is -0.0148. The Labute approximate surface area is 163 Å². The lowest BCUT2D eigenvalue weighted by Crippen LogP contribution is -2.36. The quantitative estimate of drug-likeness (QED) is 0.798. The van der Waals surface area contributed by atoms with Gasteiger partial charge in [0.1, 0.15) is 5.76 Å². The average molecular weight is 389 g/mol. The lowest BCUT2D eigenvalue weighted by Gasteiger charge is -2.26. The van der Waals surface area contributed by atoms with Crippen molar-refractivity contribution in [1.29, 1.82) is 0 Å². The Bertz CT molecular complexity index is 706. The van der Waals surface area contributed by atoms with E-state index in [1.54, 1.807) is 6.26 Å². The van der Waals surface area contributed by atoms with Crippen LogP contribution in [0, 0.1) is 0 Å². The maximum Gasteiger partial charge on any atom is 0.251 e. The minimum absolute atomic E-state index is 0.0148. The number of hydrogen-bond donors (Lipinski definition) is 1. The Morgan fingerprint density at radius 3 is 2.54 bits per heavy atom. The molecule has 3 heterocycles. The van der Waals surface area contributed by atoms with Gasteiger partial charge in [-0.15, -0.1) is 23.5 Å². The molecule has 1 N–H and O–H groups in total. The van der Waals surface area contributed by atoms with Gasteiger partial charge in [0, 0.05) is 23.6 Å². The molecule has 26 heavy (non-hydrogen) atoms. The molecule has 0 radical (unpaired) electrons. The fourth-order valence-electron chi connectivity index (χ4n) is 3.58. The zero-order chi connectivity index (χ0) is 17.8. The van der Waals surface area contributed by atoms with Crippen LogP contribution in [0.25, 0.3) is 0 Å². The maximum absolute atomic E-state index is 12.6. The van der Waals surface area contributed by atoms with E-state index < -0.39 is 0 Å². The lowest BCUT2D eigenvalue weighted by molar-refractivity contribution is 0.0934. The Morgan fingerprint density at radius 1 is 1.15 bits per heavy atom. The van der Waals surface area contributed by atoms with Crippen LogP contribution in [0.3, 0.4) is 0 Å². The molecule has 1 amide bonds. The van der Waals surface area contributed by atoms with Gasteiger partial charge in [-0.05, 0) is 55.8 Å². The van der Waals surface area contributed by atoms with Crippen LogP contribution < -0.4 is 5.32 Å². The van der Waals surface area contributed by atoms with Gasteiger partial charge in [0.15, 0.2) is 0 Å². The van der Waals surface area contributed by atoms with Crippen molar-refractivity contribution >= 4 is 29.4 Å². The second kappa shape index (κ2) is 8.55. The van der Waals surface area contributed by atoms with Crippen molar-refractivity contribution in [2.45, 2.75) is 23.5 Å². The molecule has 2 aliphatic rings. The van der Waals surface area contributed by atoms with Gasteiger partial charge in [0.2, 0.25) is 0 Å². The molecule has 1 atom stereocenters. The standard InChI is InChI=1S/C20H24N2O2S2/c23-19(15-5-7-16(8-6-15)20-25-12-13-26-20)21-14-17(18-4-3-11-24-18)22-9-1-2-10-22/h3-8,11,17,20H,1-2,9-10,12-14H2,(H,21,23)/t17-/m1/s1. The summed E-state index contributed by atoms with van der Waals surface area (Å²) in [4.78, 5) is 15.0. The largest absolute Gasteiger partial charge is 0.468 e. The topological polar surface area (TPSA) is 45.5 Å². The van der Waals surface area contributed by atoms with Crippen LogP contribution in [-0.2, 0) is 0 Å². The van der Waals surface area contributed by atoms with Crippen molar-refractivity contribution in [2.24, 2.45) is 0 Å². The third-order valence-electron chi connectivity index (χ3n) is 4.98. The number of likely N-dealkylation sites (tertiary alicyclic amines) is 1. The molecule has 6 heteroatoms. The molecule has 1 aromatic heterocycles. The van der Waals surface area contributed by atoms with E-state index >= 15 is 0 Å². The van der Waals surface area contributed by atoms with Crippen LogP contribution in [0.5, 0.6) is 0 Å². The predicted molar refractivity (Wildman–Crippen MR) is 109 cm³/mol. The lowest BCUT2D eigenvalue weighted by atomic mass is 10.1. The van der Waals surface area contributed by atoms with Gasteiger partial charge < -0.3 is 9.73 Å². The van der Waals surface area contributed by atoms with E-state index in [0.717, 1.165) is 24.4 Å². The van der Waals surface area contributed by atoms with Gasteiger partial charge in [-0.3, -0.25) is 9.69 Å². The average Bonchev–Trinajstić information content (AvgIpc) is 3.45. The number of carbonyl (C=O) groups is 1. The van der Waals surface area contributed by atoms with Crippen molar-refractivity contribution in [1.82, 2.24) is 10.2 Å². The number of benzene rings is 1. The molecule has 0 unspecified atom stereocenters. The molecule has 1 aromatic carbocycles. The molecule has 0 spiro atoms. The highest BCUT2D eigenvalue weighted by Gasteiger charge is 2.26. The van der Waals surface area contributed by atoms with E-state index in [0.29, 0.717) is 11.1 Å². The fourth-order valence-corrected chi connectivity index (χ4v) is 6.44. The van der Waals surface area contributed by atoms with Crippen LogP contribution in [0.1, 0.15) is 45.1 Å². The van der Waals surface area contributed by atoms with Crippen LogP contribution in [-0.4, -0.2) is 41.9 Å². The number of hydrogen-bond acceptors (Lipinski definition) is 5. The fraction of sp³-hybridized carbons (Fsp3) is 0.450. The Balaban J connectivity index is 1.38. The second-order valence-corrected chi connectivity index (χ2v) is 9.40. The van der Waals surface area contributed by atoms with Crippen LogP contribution in [0.15, 0.2) is 47.1 Å². The first-order chi connectivity index (χ1) is 12.8. The third kappa shape index (κ3) is 4.13. The summed E-state index contributed by atoms with van der Waals surface area (Å²) < 4.78 is 6.14. The van der Waals surface area contributed by atoms with Gasteiger partial charge in [0.25, 0.3) is 5.91 Å². The number of carbonyl (C=O) groups excluding carboxylic acids is 1. The molecule has 138 valence electrons. The monoisotopic (exact) mass is 388 g/mol. The van der Waals surface area contributed by atoms with Crippen molar-refractivity contribution in [3.05, 3.63) is 59.5 Å². The normalized spacial score (nSPS) is 19.7. The molecule has 0 bridgehead atoms. The van der Waals surface area contributed by atoms with Crippen molar-refractivity contribution in [3.8, 4) is 0 Å². The highest BCUT2D eigenvalue weighted by molar-refractivity contribution is 8.19. The molecule has 2 saturated heterocycles. The molecule has 0 saturated carbocycles. The summed E-state index contributed by atoms with van der Waals surface area (Å²) in [6.07, 6.45) is 4.13. The van der Waals surface area contributed by atoms with Gasteiger partial charge >= 0.3 is 0 Å². The SMILES string of the molecule is O=C(NC[C@H](c1ccco1)N1CCCC1)c1ccc(C2SCCS2)cc1. The van der Waals surface area contributed by atoms with E-state index in [-0.39, 0.29) is 11.9 Å². The first-order valence-electron chi connectivity index (χ1n) is 9.20. The summed E-state index contributed by atoms with van der Waals surface area (Å²) in [5, 5.41) is 3.10. The Kier molecular flexibility index (Phi) is 5.92. The zero-order valence-corrected chi connectivity index (χ0v) is 16.4. The molecular formula is C20H24N2O2S2. The summed E-state index contributed by atoms with van der Waals surface area (Å²) in [5.74, 6) is 3.33. The molecule has 2 aliphatic heterocycles. The van der Waals surface area contributed by atoms with Crippen LogP contribution >= 0.6 is 23.5 Å². The van der Waals surface area contributed by atoms with Crippen LogP contribution in [0.4, 0.5) is 0 Å². The number of thioether (sulfide) groups is 2. The smallest absolute Gasteiger partial charge is 0.251 e. The molecule has 2 aromatic rings. The first kappa shape index (κ1) is 18.0. The molecule has 4 rings (SSSR count). The molecule has 4 nitrogen and oxygen atoms in total. The van der Waals surface area contributed by atoms with Gasteiger partial charge in [0.05, 0.1) is 16.9 Å². The molecule has 2 fully saturated rings. The predicted octanol–water partition coefficient (Wildman–Crippen LogP) is 4.33. The number of amides is 1.